The first-order valence-corrected chi connectivity index (χ1v) is 7.37. The van der Waals surface area contributed by atoms with E-state index in [1.54, 1.807) is 6.20 Å². The normalized spacial score (nSPS) is 12.0. The van der Waals surface area contributed by atoms with E-state index in [-0.39, 0.29) is 6.04 Å². The molecule has 0 amide bonds. The van der Waals surface area contributed by atoms with Gasteiger partial charge in [0.25, 0.3) is 0 Å². The van der Waals surface area contributed by atoms with E-state index in [1.165, 1.54) is 5.56 Å². The topological polar surface area (TPSA) is 60.2 Å². The molecule has 2 aromatic rings. The smallest absolute Gasteiger partial charge is 0.169 e. The average molecular weight is 285 g/mol. The summed E-state index contributed by atoms with van der Waals surface area (Å²) in [7, 11) is 0. The molecule has 0 bridgehead atoms. The molecule has 21 heavy (non-hydrogen) atoms. The Bertz CT molecular complexity index is 554. The predicted octanol–water partition coefficient (Wildman–Crippen LogP) is 3.50. The molecular formula is C17H23N3O. The van der Waals surface area contributed by atoms with Crippen molar-refractivity contribution in [1.29, 1.82) is 0 Å². The Morgan fingerprint density at radius 2 is 2.00 bits per heavy atom. The van der Waals surface area contributed by atoms with Gasteiger partial charge < -0.3 is 15.8 Å². The van der Waals surface area contributed by atoms with Gasteiger partial charge in [0.1, 0.15) is 0 Å². The highest BCUT2D eigenvalue weighted by molar-refractivity contribution is 5.51. The first kappa shape index (κ1) is 15.3. The second kappa shape index (κ2) is 7.64. The molecule has 1 aromatic heterocycles. The lowest BCUT2D eigenvalue weighted by molar-refractivity contribution is 0.317. The maximum absolute atomic E-state index is 5.72. The van der Waals surface area contributed by atoms with Gasteiger partial charge in [-0.1, -0.05) is 31.2 Å². The summed E-state index contributed by atoms with van der Waals surface area (Å²) in [5.74, 6) is 1.58. The Labute approximate surface area is 126 Å². The molecule has 0 saturated heterocycles. The number of ether oxygens (including phenoxy) is 1. The highest BCUT2D eigenvalue weighted by Crippen LogP contribution is 2.26. The van der Waals surface area contributed by atoms with Crippen LogP contribution in [0.4, 0.5) is 5.82 Å². The van der Waals surface area contributed by atoms with Crippen LogP contribution < -0.4 is 15.8 Å². The summed E-state index contributed by atoms with van der Waals surface area (Å²) in [6, 6.07) is 12.3. The third kappa shape index (κ3) is 4.20. The summed E-state index contributed by atoms with van der Waals surface area (Å²) < 4.78 is 5.72. The first-order chi connectivity index (χ1) is 10.2. The van der Waals surface area contributed by atoms with Crippen LogP contribution in [0, 0.1) is 0 Å². The van der Waals surface area contributed by atoms with E-state index in [9.17, 15) is 0 Å². The van der Waals surface area contributed by atoms with Crippen LogP contribution in [0.1, 0.15) is 37.4 Å². The quantitative estimate of drug-likeness (QED) is 0.817. The van der Waals surface area contributed by atoms with E-state index in [1.807, 2.05) is 12.1 Å². The van der Waals surface area contributed by atoms with Gasteiger partial charge in [-0.3, -0.25) is 0 Å². The Morgan fingerprint density at radius 1 is 1.24 bits per heavy atom. The summed E-state index contributed by atoms with van der Waals surface area (Å²) in [6.07, 6.45) is 2.75. The number of aromatic nitrogens is 1. The molecule has 0 spiro atoms. The van der Waals surface area contributed by atoms with E-state index >= 15 is 0 Å². The second-order valence-corrected chi connectivity index (χ2v) is 5.01. The highest BCUT2D eigenvalue weighted by Gasteiger charge is 2.10. The van der Waals surface area contributed by atoms with E-state index in [0.29, 0.717) is 13.2 Å². The monoisotopic (exact) mass is 285 g/mol. The van der Waals surface area contributed by atoms with Crippen LogP contribution in [0.3, 0.4) is 0 Å². The molecule has 112 valence electrons. The summed E-state index contributed by atoms with van der Waals surface area (Å²) in [6.45, 7) is 5.46. The number of nitrogens with one attached hydrogen (secondary N) is 1. The number of hydrogen-bond donors (Lipinski definition) is 2. The van der Waals surface area contributed by atoms with Gasteiger partial charge >= 0.3 is 0 Å². The van der Waals surface area contributed by atoms with Crippen LogP contribution in [-0.2, 0) is 6.54 Å². The zero-order valence-electron chi connectivity index (χ0n) is 12.7. The highest BCUT2D eigenvalue weighted by atomic mass is 16.5. The fraction of sp³-hybridized carbons (Fsp3) is 0.353. The Balaban J connectivity index is 2.09. The molecule has 0 radical (unpaired) electrons. The number of benzene rings is 1. The van der Waals surface area contributed by atoms with Crippen LogP contribution in [0.25, 0.3) is 0 Å². The summed E-state index contributed by atoms with van der Waals surface area (Å²) in [5, 5.41) is 3.41. The Morgan fingerprint density at radius 3 is 2.67 bits per heavy atom. The summed E-state index contributed by atoms with van der Waals surface area (Å²) in [4.78, 5) is 4.37. The molecule has 1 unspecified atom stereocenters. The molecule has 4 nitrogen and oxygen atoms in total. The van der Waals surface area contributed by atoms with Gasteiger partial charge in [0.15, 0.2) is 11.6 Å². The number of hydrogen-bond acceptors (Lipinski definition) is 4. The molecule has 2 rings (SSSR count). The van der Waals surface area contributed by atoms with Crippen molar-refractivity contribution >= 4 is 5.82 Å². The average Bonchev–Trinajstić information content (AvgIpc) is 2.54. The van der Waals surface area contributed by atoms with Gasteiger partial charge in [-0.15, -0.1) is 0 Å². The third-order valence-electron chi connectivity index (χ3n) is 3.30. The number of anilines is 1. The second-order valence-electron chi connectivity index (χ2n) is 5.01. The van der Waals surface area contributed by atoms with Crippen molar-refractivity contribution in [1.82, 2.24) is 4.98 Å². The molecule has 0 aliphatic heterocycles. The van der Waals surface area contributed by atoms with Gasteiger partial charge in [0.05, 0.1) is 12.6 Å². The molecule has 3 N–H and O–H groups in total. The van der Waals surface area contributed by atoms with Crippen LogP contribution in [0.2, 0.25) is 0 Å². The third-order valence-corrected chi connectivity index (χ3v) is 3.30. The molecule has 0 aliphatic carbocycles. The van der Waals surface area contributed by atoms with Crippen molar-refractivity contribution in [2.45, 2.75) is 32.9 Å². The van der Waals surface area contributed by atoms with E-state index in [4.69, 9.17) is 10.5 Å². The minimum Gasteiger partial charge on any atom is -0.490 e. The van der Waals surface area contributed by atoms with Gasteiger partial charge in [0, 0.05) is 12.7 Å². The zero-order chi connectivity index (χ0) is 15.1. The van der Waals surface area contributed by atoms with Gasteiger partial charge in [-0.2, -0.15) is 0 Å². The van der Waals surface area contributed by atoms with Crippen molar-refractivity contribution in [2.24, 2.45) is 5.73 Å². The van der Waals surface area contributed by atoms with Gasteiger partial charge in [-0.05, 0) is 36.6 Å². The molecule has 1 atom stereocenters. The van der Waals surface area contributed by atoms with Crippen LogP contribution in [0.15, 0.2) is 42.6 Å². The van der Waals surface area contributed by atoms with Gasteiger partial charge in [-0.25, -0.2) is 4.98 Å². The maximum atomic E-state index is 5.72. The van der Waals surface area contributed by atoms with E-state index in [2.05, 4.69) is 48.4 Å². The van der Waals surface area contributed by atoms with Crippen molar-refractivity contribution in [3.05, 3.63) is 53.7 Å². The van der Waals surface area contributed by atoms with Gasteiger partial charge in [0.2, 0.25) is 0 Å². The summed E-state index contributed by atoms with van der Waals surface area (Å²) in [5.41, 5.74) is 7.95. The van der Waals surface area contributed by atoms with Crippen molar-refractivity contribution in [3.63, 3.8) is 0 Å². The van der Waals surface area contributed by atoms with E-state index < -0.39 is 0 Å². The fourth-order valence-electron chi connectivity index (χ4n) is 2.06. The molecule has 1 aromatic carbocycles. The molecule has 0 fully saturated rings. The maximum Gasteiger partial charge on any atom is 0.169 e. The Kier molecular flexibility index (Phi) is 5.58. The minimum absolute atomic E-state index is 0.149. The predicted molar refractivity (Wildman–Crippen MR) is 86.4 cm³/mol. The first-order valence-electron chi connectivity index (χ1n) is 7.37. The lowest BCUT2D eigenvalue weighted by atomic mass is 10.1. The number of pyridine rings is 1. The van der Waals surface area contributed by atoms with Crippen LogP contribution in [-0.4, -0.2) is 11.6 Å². The number of rotatable bonds is 7. The molecule has 0 saturated carbocycles. The zero-order valence-corrected chi connectivity index (χ0v) is 12.7. The van der Waals surface area contributed by atoms with Crippen molar-refractivity contribution < 1.29 is 4.74 Å². The van der Waals surface area contributed by atoms with Crippen LogP contribution in [0.5, 0.6) is 5.75 Å². The molecule has 4 heteroatoms. The lowest BCUT2D eigenvalue weighted by Crippen LogP contribution is -2.10. The largest absolute Gasteiger partial charge is 0.490 e. The molecular weight excluding hydrogens is 262 g/mol. The number of nitrogens with zero attached hydrogens (tertiary/aromatic N) is 1. The number of nitrogens with two attached hydrogens (primary N) is 1. The molecule has 0 aliphatic rings. The van der Waals surface area contributed by atoms with Crippen molar-refractivity contribution in [2.75, 3.05) is 11.9 Å². The summed E-state index contributed by atoms with van der Waals surface area (Å²) >= 11 is 0. The Hall–Kier alpha value is -2.07. The standard InChI is InChI=1S/C17H23N3O/c1-3-11-21-16-5-4-10-19-17(16)20-13(2)15-8-6-14(12-18)7-9-15/h4-10,13H,3,11-12,18H2,1-2H3,(H,19,20). The lowest BCUT2D eigenvalue weighted by Gasteiger charge is -2.17. The fourth-order valence-corrected chi connectivity index (χ4v) is 2.06. The van der Waals surface area contributed by atoms with E-state index in [0.717, 1.165) is 23.6 Å². The SMILES string of the molecule is CCCOc1cccnc1NC(C)c1ccc(CN)cc1. The van der Waals surface area contributed by atoms with Crippen molar-refractivity contribution in [3.8, 4) is 5.75 Å². The molecule has 1 heterocycles. The minimum atomic E-state index is 0.149. The van der Waals surface area contributed by atoms with Crippen LogP contribution >= 0.6 is 0 Å².